The van der Waals surface area contributed by atoms with E-state index < -0.39 is 11.6 Å². The van der Waals surface area contributed by atoms with Crippen molar-refractivity contribution < 1.29 is 17.9 Å². The second-order valence-corrected chi connectivity index (χ2v) is 9.45. The summed E-state index contributed by atoms with van der Waals surface area (Å²) >= 11 is 0. The molecule has 3 aromatic rings. The molecule has 0 radical (unpaired) electrons. The van der Waals surface area contributed by atoms with Gasteiger partial charge in [0, 0.05) is 11.1 Å². The molecule has 0 bridgehead atoms. The lowest BCUT2D eigenvalue weighted by molar-refractivity contribution is 0.415. The average Bonchev–Trinajstić information content (AvgIpc) is 3.72. The molecule has 180 valence electrons. The van der Waals surface area contributed by atoms with Gasteiger partial charge in [0.1, 0.15) is 11.9 Å². The lowest BCUT2D eigenvalue weighted by atomic mass is 9.86. The maximum Gasteiger partial charge on any atom is 0.166 e. The van der Waals surface area contributed by atoms with E-state index in [0.717, 1.165) is 41.5 Å². The largest absolute Gasteiger partial charge is 0.368 e. The third-order valence-electron chi connectivity index (χ3n) is 7.07. The van der Waals surface area contributed by atoms with Crippen LogP contribution in [0.15, 0.2) is 72.8 Å². The fourth-order valence-corrected chi connectivity index (χ4v) is 4.91. The fourth-order valence-electron chi connectivity index (χ4n) is 4.91. The molecule has 0 saturated carbocycles. The van der Waals surface area contributed by atoms with E-state index in [9.17, 15) is 13.2 Å². The molecule has 0 N–H and O–H groups in total. The minimum Gasteiger partial charge on any atom is -0.368 e. The second-order valence-electron chi connectivity index (χ2n) is 9.45. The van der Waals surface area contributed by atoms with E-state index in [1.54, 1.807) is 18.2 Å². The van der Waals surface area contributed by atoms with E-state index in [1.165, 1.54) is 6.07 Å². The van der Waals surface area contributed by atoms with Gasteiger partial charge in [-0.3, -0.25) is 0 Å². The Morgan fingerprint density at radius 1 is 0.914 bits per heavy atom. The average molecular weight is 475 g/mol. The van der Waals surface area contributed by atoms with Gasteiger partial charge in [0.05, 0.1) is 6.61 Å². The van der Waals surface area contributed by atoms with Crippen molar-refractivity contribution in [3.63, 3.8) is 0 Å². The maximum atomic E-state index is 14.9. The summed E-state index contributed by atoms with van der Waals surface area (Å²) in [7, 11) is 0. The number of allylic oxidation sites excluding steroid dienone is 4. The molecule has 1 fully saturated rings. The first-order chi connectivity index (χ1) is 17.0. The van der Waals surface area contributed by atoms with Crippen LogP contribution in [0.1, 0.15) is 54.5 Å². The van der Waals surface area contributed by atoms with Crippen molar-refractivity contribution in [2.45, 2.75) is 45.1 Å². The molecule has 4 heteroatoms. The predicted octanol–water partition coefficient (Wildman–Crippen LogP) is 8.39. The van der Waals surface area contributed by atoms with Gasteiger partial charge in [-0.1, -0.05) is 66.8 Å². The van der Waals surface area contributed by atoms with E-state index >= 15 is 0 Å². The number of halogens is 3. The fraction of sp³-hybridized carbons (Fsp3) is 0.290. The zero-order chi connectivity index (χ0) is 24.4. The van der Waals surface area contributed by atoms with Crippen LogP contribution in [-0.2, 0) is 17.6 Å². The van der Waals surface area contributed by atoms with Crippen molar-refractivity contribution in [3.05, 3.63) is 113 Å². The molecule has 1 saturated heterocycles. The summed E-state index contributed by atoms with van der Waals surface area (Å²) in [5, 5.41) is 0. The number of rotatable bonds is 7. The van der Waals surface area contributed by atoms with Gasteiger partial charge in [-0.15, -0.1) is 0 Å². The standard InChI is InChI=1S/C31H29F3O/c1-2-3-20-4-11-23(12-5-20)27-17-14-24(30(33)31(27)34)13-8-21-6-9-22(10-7-21)26-16-15-25(18-28(26)32)29-19-35-29/h2-3,6-7,9-11,14-18,20,29H,4-5,8,12-13,19H2,1H3/b3-2+. The zero-order valence-electron chi connectivity index (χ0n) is 19.9. The van der Waals surface area contributed by atoms with Crippen LogP contribution in [0.2, 0.25) is 0 Å². The van der Waals surface area contributed by atoms with Gasteiger partial charge in [0.25, 0.3) is 0 Å². The van der Waals surface area contributed by atoms with Crippen LogP contribution in [0.4, 0.5) is 13.2 Å². The Morgan fingerprint density at radius 2 is 1.69 bits per heavy atom. The molecule has 1 aliphatic carbocycles. The van der Waals surface area contributed by atoms with E-state index in [1.807, 2.05) is 49.4 Å². The van der Waals surface area contributed by atoms with Gasteiger partial charge in [-0.25, -0.2) is 13.2 Å². The SMILES string of the molecule is C/C=C/C1CC=C(c2ccc(CCc3ccc(-c4ccc(C5CO5)cc4F)cc3)c(F)c2F)CC1. The van der Waals surface area contributed by atoms with E-state index in [-0.39, 0.29) is 11.9 Å². The van der Waals surface area contributed by atoms with Crippen LogP contribution in [-0.4, -0.2) is 6.61 Å². The smallest absolute Gasteiger partial charge is 0.166 e. The van der Waals surface area contributed by atoms with Crippen molar-refractivity contribution in [1.29, 1.82) is 0 Å². The van der Waals surface area contributed by atoms with Crippen molar-refractivity contribution in [1.82, 2.24) is 0 Å². The topological polar surface area (TPSA) is 12.5 Å². The lowest BCUT2D eigenvalue weighted by Gasteiger charge is -2.20. The minimum absolute atomic E-state index is 0.0233. The molecule has 2 unspecified atom stereocenters. The number of hydrogen-bond donors (Lipinski definition) is 0. The van der Waals surface area contributed by atoms with Gasteiger partial charge >= 0.3 is 0 Å². The van der Waals surface area contributed by atoms with Gasteiger partial charge in [0.15, 0.2) is 11.6 Å². The number of aryl methyl sites for hydroxylation is 2. The predicted molar refractivity (Wildman–Crippen MR) is 134 cm³/mol. The Kier molecular flexibility index (Phi) is 6.92. The highest BCUT2D eigenvalue weighted by atomic mass is 19.2. The highest BCUT2D eigenvalue weighted by Crippen LogP contribution is 2.34. The van der Waals surface area contributed by atoms with E-state index in [2.05, 4.69) is 6.08 Å². The normalized spacial score (nSPS) is 19.7. The van der Waals surface area contributed by atoms with Crippen LogP contribution in [0.3, 0.4) is 0 Å². The lowest BCUT2D eigenvalue weighted by Crippen LogP contribution is -2.06. The molecule has 2 atom stereocenters. The molecule has 3 aromatic carbocycles. The number of hydrogen-bond acceptors (Lipinski definition) is 1. The van der Waals surface area contributed by atoms with Crippen molar-refractivity contribution >= 4 is 5.57 Å². The quantitative estimate of drug-likeness (QED) is 0.247. The Morgan fingerprint density at radius 3 is 2.34 bits per heavy atom. The summed E-state index contributed by atoms with van der Waals surface area (Å²) in [6.45, 7) is 2.65. The zero-order valence-corrected chi connectivity index (χ0v) is 19.9. The molecular weight excluding hydrogens is 445 g/mol. The first kappa shape index (κ1) is 23.6. The van der Waals surface area contributed by atoms with Crippen LogP contribution in [0.25, 0.3) is 16.7 Å². The molecule has 0 spiro atoms. The molecular formula is C31H29F3O. The Bertz CT molecular complexity index is 1270. The molecule has 35 heavy (non-hydrogen) atoms. The summed E-state index contributed by atoms with van der Waals surface area (Å²) in [5.74, 6) is -1.29. The van der Waals surface area contributed by atoms with Crippen molar-refractivity contribution in [3.8, 4) is 11.1 Å². The van der Waals surface area contributed by atoms with Crippen LogP contribution in [0, 0.1) is 23.4 Å². The molecule has 1 nitrogen and oxygen atoms in total. The van der Waals surface area contributed by atoms with Gasteiger partial charge < -0.3 is 4.74 Å². The Labute approximate surface area is 205 Å². The Balaban J connectivity index is 1.25. The summed E-state index contributed by atoms with van der Waals surface area (Å²) < 4.78 is 49.6. The summed E-state index contributed by atoms with van der Waals surface area (Å²) in [5.41, 5.74) is 4.84. The minimum atomic E-state index is -0.752. The van der Waals surface area contributed by atoms with E-state index in [4.69, 9.17) is 4.74 Å². The first-order valence-electron chi connectivity index (χ1n) is 12.3. The van der Waals surface area contributed by atoms with Crippen molar-refractivity contribution in [2.75, 3.05) is 6.61 Å². The van der Waals surface area contributed by atoms with Crippen LogP contribution < -0.4 is 0 Å². The summed E-state index contributed by atoms with van der Waals surface area (Å²) in [4.78, 5) is 0. The maximum absolute atomic E-state index is 14.9. The number of epoxide rings is 1. The number of ether oxygens (including phenoxy) is 1. The summed E-state index contributed by atoms with van der Waals surface area (Å²) in [6, 6.07) is 16.2. The number of benzene rings is 3. The van der Waals surface area contributed by atoms with Gasteiger partial charge in [0.2, 0.25) is 0 Å². The molecule has 0 aromatic heterocycles. The van der Waals surface area contributed by atoms with Gasteiger partial charge in [-0.05, 0) is 78.8 Å². The first-order valence-corrected chi connectivity index (χ1v) is 12.3. The van der Waals surface area contributed by atoms with Gasteiger partial charge in [-0.2, -0.15) is 0 Å². The molecule has 5 rings (SSSR count). The molecule has 0 amide bonds. The third kappa shape index (κ3) is 5.28. The Hall–Kier alpha value is -3.11. The van der Waals surface area contributed by atoms with Crippen LogP contribution in [0.5, 0.6) is 0 Å². The second kappa shape index (κ2) is 10.2. The monoisotopic (exact) mass is 474 g/mol. The van der Waals surface area contributed by atoms with E-state index in [0.29, 0.717) is 42.1 Å². The molecule has 1 heterocycles. The summed E-state index contributed by atoms with van der Waals surface area (Å²) in [6.07, 6.45) is 9.84. The highest BCUT2D eigenvalue weighted by Gasteiger charge is 2.25. The van der Waals surface area contributed by atoms with Crippen molar-refractivity contribution in [2.24, 2.45) is 5.92 Å². The van der Waals surface area contributed by atoms with Crippen LogP contribution >= 0.6 is 0 Å². The highest BCUT2D eigenvalue weighted by molar-refractivity contribution is 5.67. The molecule has 2 aliphatic rings. The third-order valence-corrected chi connectivity index (χ3v) is 7.07. The molecule has 1 aliphatic heterocycles.